The summed E-state index contributed by atoms with van der Waals surface area (Å²) in [6, 6.07) is 26.0. The second-order valence-electron chi connectivity index (χ2n) is 14.4. The van der Waals surface area contributed by atoms with Gasteiger partial charge in [-0.1, -0.05) is 92.2 Å². The number of carbonyl (C=O) groups is 4. The topological polar surface area (TPSA) is 170 Å². The second-order valence-corrected chi connectivity index (χ2v) is 14.4. The fraction of sp³-hybridized carbons (Fsp3) is 0.395. The summed E-state index contributed by atoms with van der Waals surface area (Å²) in [6.45, 7) is 10.8. The number of aliphatic hydroxyl groups is 2. The summed E-state index contributed by atoms with van der Waals surface area (Å²) in [5, 5.41) is 39.6. The van der Waals surface area contributed by atoms with Crippen molar-refractivity contribution in [1.82, 2.24) is 5.32 Å². The van der Waals surface area contributed by atoms with Gasteiger partial charge in [0.25, 0.3) is 0 Å². The Morgan fingerprint density at radius 3 is 1.96 bits per heavy atom. The maximum atomic E-state index is 12.8. The van der Waals surface area contributed by atoms with Crippen LogP contribution in [0.5, 0.6) is 0 Å². The molecule has 4 aromatic carbocycles. The second kappa shape index (κ2) is 17.7. The minimum absolute atomic E-state index is 0.0330. The number of carboxylic acid groups (broad SMARTS) is 2. The maximum Gasteiger partial charge on any atom is 0.312 e. The molecule has 0 radical (unpaired) electrons. The molecule has 0 saturated heterocycles. The van der Waals surface area contributed by atoms with Gasteiger partial charge in [-0.2, -0.15) is 0 Å². The first-order valence-corrected chi connectivity index (χ1v) is 18.0. The van der Waals surface area contributed by atoms with Crippen LogP contribution in [0.25, 0.3) is 33.0 Å². The highest BCUT2D eigenvalue weighted by molar-refractivity contribution is 6.16. The number of rotatable bonds is 12. The lowest BCUT2D eigenvalue weighted by atomic mass is 9.65. The first kappa shape index (κ1) is 40.9. The van der Waals surface area contributed by atoms with E-state index < -0.39 is 28.7 Å². The SMILES string of the molecule is Cc1ccc(C(C)OC(=O)C2(C)CCC(C(=O)O)C2(C)C)cc1.O=C(O)CCC(=O)c1ccc2c(c1)-c1cccc3cccc-2c13.OCCNCCO. The van der Waals surface area contributed by atoms with Crippen LogP contribution in [0.3, 0.4) is 0 Å². The molecular weight excluding hydrogens is 674 g/mol. The number of nitrogens with one attached hydrogen (secondary N) is 1. The summed E-state index contributed by atoms with van der Waals surface area (Å²) in [5.41, 5.74) is 5.77. The van der Waals surface area contributed by atoms with E-state index in [1.54, 1.807) is 6.07 Å². The molecule has 0 aromatic heterocycles. The van der Waals surface area contributed by atoms with E-state index in [0.29, 0.717) is 31.5 Å². The lowest BCUT2D eigenvalue weighted by molar-refractivity contribution is -0.168. The number of hydrogen-bond donors (Lipinski definition) is 5. The van der Waals surface area contributed by atoms with Crippen molar-refractivity contribution in [3.05, 3.63) is 95.6 Å². The number of Topliss-reactive ketones (excluding diaryl/α,β-unsaturated/α-hetero) is 1. The predicted octanol–water partition coefficient (Wildman–Crippen LogP) is 7.22. The Bertz CT molecular complexity index is 1930. The molecule has 53 heavy (non-hydrogen) atoms. The van der Waals surface area contributed by atoms with Gasteiger partial charge >= 0.3 is 17.9 Å². The molecule has 1 saturated carbocycles. The minimum Gasteiger partial charge on any atom is -0.481 e. The summed E-state index contributed by atoms with van der Waals surface area (Å²) in [7, 11) is 0. The van der Waals surface area contributed by atoms with Crippen molar-refractivity contribution in [2.75, 3.05) is 26.3 Å². The van der Waals surface area contributed by atoms with Crippen LogP contribution < -0.4 is 5.32 Å². The first-order valence-electron chi connectivity index (χ1n) is 18.0. The van der Waals surface area contributed by atoms with E-state index in [-0.39, 0.29) is 43.9 Å². The van der Waals surface area contributed by atoms with Crippen molar-refractivity contribution in [2.24, 2.45) is 16.7 Å². The lowest BCUT2D eigenvalue weighted by Gasteiger charge is -2.38. The van der Waals surface area contributed by atoms with E-state index in [9.17, 15) is 24.3 Å². The van der Waals surface area contributed by atoms with Gasteiger partial charge in [0.05, 0.1) is 31.0 Å². The maximum absolute atomic E-state index is 12.8. The number of ketones is 1. The van der Waals surface area contributed by atoms with Crippen LogP contribution in [0.1, 0.15) is 81.0 Å². The molecule has 0 aliphatic heterocycles. The van der Waals surface area contributed by atoms with E-state index in [4.69, 9.17) is 20.1 Å². The van der Waals surface area contributed by atoms with Crippen molar-refractivity contribution in [2.45, 2.75) is 66.4 Å². The Morgan fingerprint density at radius 2 is 1.42 bits per heavy atom. The molecule has 6 rings (SSSR count). The number of carboxylic acids is 2. The number of aliphatic hydroxyl groups excluding tert-OH is 2. The van der Waals surface area contributed by atoms with Crippen LogP contribution in [0.15, 0.2) is 78.9 Å². The molecule has 3 atom stereocenters. The van der Waals surface area contributed by atoms with Gasteiger partial charge in [-0.25, -0.2) is 0 Å². The summed E-state index contributed by atoms with van der Waals surface area (Å²) >= 11 is 0. The number of hydrogen-bond acceptors (Lipinski definition) is 8. The van der Waals surface area contributed by atoms with Gasteiger partial charge in [-0.05, 0) is 83.7 Å². The molecule has 0 amide bonds. The molecule has 282 valence electrons. The van der Waals surface area contributed by atoms with Crippen molar-refractivity contribution < 1.29 is 44.3 Å². The number of aryl methyl sites for hydroxylation is 1. The number of fused-ring (bicyclic) bond motifs is 3. The Morgan fingerprint density at radius 1 is 0.811 bits per heavy atom. The van der Waals surface area contributed by atoms with E-state index >= 15 is 0 Å². The van der Waals surface area contributed by atoms with Gasteiger partial charge in [0, 0.05) is 25.1 Å². The van der Waals surface area contributed by atoms with E-state index in [0.717, 1.165) is 27.8 Å². The minimum atomic E-state index is -0.948. The van der Waals surface area contributed by atoms with Crippen molar-refractivity contribution >= 4 is 34.5 Å². The molecule has 3 unspecified atom stereocenters. The normalized spacial score (nSPS) is 18.1. The molecular formula is C43H51NO9. The van der Waals surface area contributed by atoms with Gasteiger partial charge < -0.3 is 30.5 Å². The highest BCUT2D eigenvalue weighted by atomic mass is 16.5. The third-order valence-corrected chi connectivity index (χ3v) is 10.8. The third kappa shape index (κ3) is 9.19. The molecule has 10 nitrogen and oxygen atoms in total. The Balaban J connectivity index is 0.000000201. The number of ether oxygens (including phenoxy) is 1. The number of carbonyl (C=O) groups excluding carboxylic acids is 2. The predicted molar refractivity (Wildman–Crippen MR) is 205 cm³/mol. The lowest BCUT2D eigenvalue weighted by Crippen LogP contribution is -2.43. The van der Waals surface area contributed by atoms with Crippen LogP contribution in [0, 0.1) is 23.7 Å². The van der Waals surface area contributed by atoms with Crippen molar-refractivity contribution in [1.29, 1.82) is 0 Å². The molecule has 0 spiro atoms. The molecule has 4 aromatic rings. The van der Waals surface area contributed by atoms with Crippen LogP contribution in [-0.4, -0.2) is 70.4 Å². The summed E-state index contributed by atoms with van der Waals surface area (Å²) in [4.78, 5) is 47.1. The molecule has 2 aliphatic rings. The standard InChI is InChI=1S/C20H14O3.C19H26O4.C4H11NO2/c21-18(9-10-19(22)23)13-7-8-14-15-5-1-3-12-4-2-6-16(20(12)15)17(14)11-13;1-12-6-8-14(9-7-12)13(2)23-17(22)19(5)11-10-15(16(20)21)18(19,3)4;6-3-1-5-2-4-7/h1-8,11H,9-10H2,(H,22,23);6-9,13,15H,10-11H2,1-5H3,(H,20,21);5-7H,1-4H2. The zero-order valence-corrected chi connectivity index (χ0v) is 31.1. The van der Waals surface area contributed by atoms with E-state index in [2.05, 4.69) is 29.6 Å². The van der Waals surface area contributed by atoms with Gasteiger partial charge in [0.2, 0.25) is 0 Å². The highest BCUT2D eigenvalue weighted by Gasteiger charge is 2.59. The Labute approximate surface area is 310 Å². The average molecular weight is 726 g/mol. The van der Waals surface area contributed by atoms with E-state index in [1.807, 2.05) is 83.1 Å². The molecule has 0 bridgehead atoms. The largest absolute Gasteiger partial charge is 0.481 e. The smallest absolute Gasteiger partial charge is 0.312 e. The van der Waals surface area contributed by atoms with Crippen LogP contribution in [0.4, 0.5) is 0 Å². The monoisotopic (exact) mass is 725 g/mol. The van der Waals surface area contributed by atoms with Gasteiger partial charge in [-0.15, -0.1) is 0 Å². The molecule has 2 aliphatic carbocycles. The number of esters is 1. The quantitative estimate of drug-likeness (QED) is 0.0503. The summed E-state index contributed by atoms with van der Waals surface area (Å²) in [6.07, 6.45) is 0.597. The zero-order chi connectivity index (χ0) is 38.9. The van der Waals surface area contributed by atoms with Crippen molar-refractivity contribution in [3.63, 3.8) is 0 Å². The number of aliphatic carboxylic acids is 2. The molecule has 0 heterocycles. The van der Waals surface area contributed by atoms with Crippen LogP contribution in [-0.2, 0) is 19.1 Å². The highest BCUT2D eigenvalue weighted by Crippen LogP contribution is 2.57. The summed E-state index contributed by atoms with van der Waals surface area (Å²) in [5.74, 6) is -2.73. The van der Waals surface area contributed by atoms with Crippen LogP contribution >= 0.6 is 0 Å². The fourth-order valence-electron chi connectivity index (χ4n) is 7.11. The Kier molecular flexibility index (Phi) is 13.7. The first-order chi connectivity index (χ1) is 25.2. The van der Waals surface area contributed by atoms with Gasteiger partial charge in [0.15, 0.2) is 5.78 Å². The van der Waals surface area contributed by atoms with E-state index in [1.165, 1.54) is 16.3 Å². The molecule has 5 N–H and O–H groups in total. The number of benzene rings is 4. The fourth-order valence-corrected chi connectivity index (χ4v) is 7.11. The third-order valence-electron chi connectivity index (χ3n) is 10.8. The molecule has 10 heteroatoms. The Hall–Kier alpha value is -4.90. The van der Waals surface area contributed by atoms with Crippen molar-refractivity contribution in [3.8, 4) is 22.3 Å². The summed E-state index contributed by atoms with van der Waals surface area (Å²) < 4.78 is 5.70. The molecule has 1 fully saturated rings. The average Bonchev–Trinajstić information content (AvgIpc) is 3.59. The van der Waals surface area contributed by atoms with Gasteiger partial charge in [0.1, 0.15) is 6.10 Å². The van der Waals surface area contributed by atoms with Gasteiger partial charge in [-0.3, -0.25) is 19.2 Å². The van der Waals surface area contributed by atoms with Crippen LogP contribution in [0.2, 0.25) is 0 Å². The zero-order valence-electron chi connectivity index (χ0n) is 31.1.